The van der Waals surface area contributed by atoms with Crippen LogP contribution in [0.2, 0.25) is 5.02 Å². The number of carbonyl (C=O) groups is 1. The lowest BCUT2D eigenvalue weighted by atomic mass is 9.86. The minimum atomic E-state index is -0.949. The normalized spacial score (nSPS) is 19.3. The maximum absolute atomic E-state index is 10.6. The van der Waals surface area contributed by atoms with Crippen molar-refractivity contribution in [3.05, 3.63) is 75.8 Å². The molecule has 4 heteroatoms. The molecule has 0 spiro atoms. The number of halogens is 1. The van der Waals surface area contributed by atoms with Crippen molar-refractivity contribution in [1.29, 1.82) is 0 Å². The topological polar surface area (TPSA) is 57.5 Å². The predicted octanol–water partition coefficient (Wildman–Crippen LogP) is 6.27. The molecule has 2 aromatic carbocycles. The monoisotopic (exact) mass is 382 g/mol. The average molecular weight is 383 g/mol. The second-order valence-corrected chi connectivity index (χ2v) is 7.33. The number of rotatable bonds is 4. The molecule has 2 N–H and O–H groups in total. The summed E-state index contributed by atoms with van der Waals surface area (Å²) < 4.78 is 0. The third kappa shape index (κ3) is 5.24. The van der Waals surface area contributed by atoms with Crippen LogP contribution < -0.4 is 0 Å². The highest BCUT2D eigenvalue weighted by Crippen LogP contribution is 2.39. The van der Waals surface area contributed by atoms with Gasteiger partial charge in [-0.05, 0) is 54.2 Å². The van der Waals surface area contributed by atoms with Crippen LogP contribution in [0.25, 0.3) is 12.2 Å². The zero-order valence-electron chi connectivity index (χ0n) is 15.1. The van der Waals surface area contributed by atoms with Gasteiger partial charge >= 0.3 is 5.97 Å². The summed E-state index contributed by atoms with van der Waals surface area (Å²) in [7, 11) is 0. The second-order valence-electron chi connectivity index (χ2n) is 6.92. The number of carboxylic acid groups (broad SMARTS) is 1. The lowest BCUT2D eigenvalue weighted by Gasteiger charge is -2.19. The molecular weight excluding hydrogens is 360 g/mol. The summed E-state index contributed by atoms with van der Waals surface area (Å²) in [4.78, 5) is 10.6. The van der Waals surface area contributed by atoms with Gasteiger partial charge in [0, 0.05) is 12.0 Å². The number of benzene rings is 2. The molecule has 1 aliphatic carbocycles. The first-order valence-electron chi connectivity index (χ1n) is 9.23. The van der Waals surface area contributed by atoms with Crippen molar-refractivity contribution in [2.45, 2.75) is 38.0 Å². The third-order valence-corrected chi connectivity index (χ3v) is 5.29. The van der Waals surface area contributed by atoms with Gasteiger partial charge in [0.05, 0.1) is 5.02 Å². The van der Waals surface area contributed by atoms with Gasteiger partial charge in [-0.2, -0.15) is 0 Å². The molecule has 0 amide bonds. The van der Waals surface area contributed by atoms with Crippen molar-refractivity contribution in [3.63, 3.8) is 0 Å². The maximum atomic E-state index is 10.6. The van der Waals surface area contributed by atoms with Gasteiger partial charge in [-0.15, -0.1) is 0 Å². The fourth-order valence-corrected chi connectivity index (χ4v) is 3.78. The Kier molecular flexibility index (Phi) is 6.36. The standard InChI is InChI=1S/C23H23ClO3/c24-21-15-19(11-12-22(21)25)20-5-3-1-2-4-18(20)14-17-8-6-16(7-9-17)10-13-23(26)27/h6-15,20,25H,1-5H2,(H,26,27)/b13-10+,18-14?. The van der Waals surface area contributed by atoms with Gasteiger partial charge in [-0.3, -0.25) is 0 Å². The van der Waals surface area contributed by atoms with Crippen molar-refractivity contribution in [3.8, 4) is 5.75 Å². The summed E-state index contributed by atoms with van der Waals surface area (Å²) in [5, 5.41) is 18.8. The Hall–Kier alpha value is -2.52. The second kappa shape index (κ2) is 8.92. The van der Waals surface area contributed by atoms with Crippen LogP contribution >= 0.6 is 11.6 Å². The molecule has 27 heavy (non-hydrogen) atoms. The average Bonchev–Trinajstić information content (AvgIpc) is 2.89. The number of phenols is 1. The van der Waals surface area contributed by atoms with E-state index in [1.54, 1.807) is 12.1 Å². The van der Waals surface area contributed by atoms with Gasteiger partial charge in [-0.25, -0.2) is 4.79 Å². The summed E-state index contributed by atoms with van der Waals surface area (Å²) in [6.45, 7) is 0. The number of allylic oxidation sites excluding steroid dienone is 1. The Balaban J connectivity index is 1.88. The summed E-state index contributed by atoms with van der Waals surface area (Å²) in [5.41, 5.74) is 4.49. The Bertz CT molecular complexity index is 866. The molecule has 0 bridgehead atoms. The van der Waals surface area contributed by atoms with Crippen molar-refractivity contribution >= 4 is 29.7 Å². The zero-order chi connectivity index (χ0) is 19.2. The summed E-state index contributed by atoms with van der Waals surface area (Å²) in [6, 6.07) is 13.4. The van der Waals surface area contributed by atoms with Crippen LogP contribution in [0.1, 0.15) is 54.7 Å². The molecule has 0 radical (unpaired) electrons. The Labute approximate surface area is 164 Å². The first-order valence-corrected chi connectivity index (χ1v) is 9.60. The van der Waals surface area contributed by atoms with E-state index in [1.165, 1.54) is 24.8 Å². The van der Waals surface area contributed by atoms with Crippen molar-refractivity contribution in [1.82, 2.24) is 0 Å². The van der Waals surface area contributed by atoms with Crippen molar-refractivity contribution < 1.29 is 15.0 Å². The van der Waals surface area contributed by atoms with Crippen molar-refractivity contribution in [2.75, 3.05) is 0 Å². The predicted molar refractivity (Wildman–Crippen MR) is 110 cm³/mol. The van der Waals surface area contributed by atoms with E-state index in [-0.39, 0.29) is 5.75 Å². The van der Waals surface area contributed by atoms with Gasteiger partial charge in [0.1, 0.15) is 5.75 Å². The molecule has 2 aromatic rings. The summed E-state index contributed by atoms with van der Waals surface area (Å²) in [5.74, 6) is -0.531. The van der Waals surface area contributed by atoms with Gasteiger partial charge in [0.25, 0.3) is 0 Å². The Morgan fingerprint density at radius 1 is 1.04 bits per heavy atom. The molecule has 140 valence electrons. The molecule has 1 saturated carbocycles. The van der Waals surface area contributed by atoms with Crippen LogP contribution in [-0.2, 0) is 4.79 Å². The van der Waals surface area contributed by atoms with E-state index in [0.29, 0.717) is 10.9 Å². The van der Waals surface area contributed by atoms with Crippen LogP contribution in [0.4, 0.5) is 0 Å². The molecule has 1 fully saturated rings. The SMILES string of the molecule is O=C(O)/C=C/c1ccc(C=C2CCCCCC2c2ccc(O)c(Cl)c2)cc1. The first-order chi connectivity index (χ1) is 13.0. The lowest BCUT2D eigenvalue weighted by Crippen LogP contribution is -2.01. The van der Waals surface area contributed by atoms with Crippen LogP contribution in [0.15, 0.2) is 54.1 Å². The van der Waals surface area contributed by atoms with E-state index < -0.39 is 5.97 Å². The number of carboxylic acids is 1. The molecule has 0 heterocycles. The fourth-order valence-electron chi connectivity index (χ4n) is 3.59. The molecule has 0 aromatic heterocycles. The number of aliphatic carboxylic acids is 1. The van der Waals surface area contributed by atoms with Gasteiger partial charge in [0.15, 0.2) is 0 Å². The number of phenolic OH excluding ortho intramolecular Hbond substituents is 1. The highest BCUT2D eigenvalue weighted by atomic mass is 35.5. The zero-order valence-corrected chi connectivity index (χ0v) is 15.8. The largest absolute Gasteiger partial charge is 0.506 e. The van der Waals surface area contributed by atoms with Crippen LogP contribution in [-0.4, -0.2) is 16.2 Å². The molecule has 0 saturated heterocycles. The van der Waals surface area contributed by atoms with Crippen LogP contribution in [0.3, 0.4) is 0 Å². The van der Waals surface area contributed by atoms with Crippen molar-refractivity contribution in [2.24, 2.45) is 0 Å². The van der Waals surface area contributed by atoms with Gasteiger partial charge in [0.2, 0.25) is 0 Å². The quantitative estimate of drug-likeness (QED) is 0.483. The van der Waals surface area contributed by atoms with E-state index in [4.69, 9.17) is 16.7 Å². The van der Waals surface area contributed by atoms with E-state index in [1.807, 2.05) is 36.4 Å². The third-order valence-electron chi connectivity index (χ3n) is 4.99. The fraction of sp³-hybridized carbons (Fsp3) is 0.261. The Morgan fingerprint density at radius 2 is 1.78 bits per heavy atom. The minimum absolute atomic E-state index is 0.115. The summed E-state index contributed by atoms with van der Waals surface area (Å²) >= 11 is 6.13. The molecule has 1 unspecified atom stereocenters. The molecule has 1 atom stereocenters. The molecular formula is C23H23ClO3. The molecule has 3 nitrogen and oxygen atoms in total. The van der Waals surface area contributed by atoms with Crippen LogP contribution in [0, 0.1) is 0 Å². The molecule has 3 rings (SSSR count). The highest BCUT2D eigenvalue weighted by Gasteiger charge is 2.20. The smallest absolute Gasteiger partial charge is 0.328 e. The lowest BCUT2D eigenvalue weighted by molar-refractivity contribution is -0.131. The van der Waals surface area contributed by atoms with E-state index in [2.05, 4.69) is 6.08 Å². The van der Waals surface area contributed by atoms with Crippen LogP contribution in [0.5, 0.6) is 5.75 Å². The highest BCUT2D eigenvalue weighted by molar-refractivity contribution is 6.32. The maximum Gasteiger partial charge on any atom is 0.328 e. The summed E-state index contributed by atoms with van der Waals surface area (Å²) in [6.07, 6.45) is 10.7. The van der Waals surface area contributed by atoms with Gasteiger partial charge in [-0.1, -0.05) is 66.4 Å². The minimum Gasteiger partial charge on any atom is -0.506 e. The first kappa shape index (κ1) is 19.2. The molecule has 0 aliphatic heterocycles. The van der Waals surface area contributed by atoms with E-state index >= 15 is 0 Å². The van der Waals surface area contributed by atoms with E-state index in [0.717, 1.165) is 35.6 Å². The Morgan fingerprint density at radius 3 is 2.48 bits per heavy atom. The molecule has 1 aliphatic rings. The number of hydrogen-bond acceptors (Lipinski definition) is 2. The van der Waals surface area contributed by atoms with E-state index in [9.17, 15) is 9.90 Å². The number of hydrogen-bond donors (Lipinski definition) is 2. The van der Waals surface area contributed by atoms with Gasteiger partial charge < -0.3 is 10.2 Å². The number of aromatic hydroxyl groups is 1.